The number of carbonyl (C=O) groups is 2. The van der Waals surface area contributed by atoms with Gasteiger partial charge in [-0.1, -0.05) is 30.3 Å². The maximum absolute atomic E-state index is 13.1. The quantitative estimate of drug-likeness (QED) is 0.664. The molecule has 0 aliphatic heterocycles. The highest BCUT2D eigenvalue weighted by molar-refractivity contribution is 5.99. The summed E-state index contributed by atoms with van der Waals surface area (Å²) in [5, 5.41) is 5.51. The molecule has 3 aromatic rings. The van der Waals surface area contributed by atoms with Crippen LogP contribution in [0, 0.1) is 0 Å². The van der Waals surface area contributed by atoms with Crippen LogP contribution in [0.25, 0.3) is 0 Å². The van der Waals surface area contributed by atoms with Crippen molar-refractivity contribution in [2.75, 3.05) is 19.5 Å². The highest BCUT2D eigenvalue weighted by Crippen LogP contribution is 2.27. The van der Waals surface area contributed by atoms with Gasteiger partial charge in [-0.3, -0.25) is 9.59 Å². The standard InChI is InChI=1S/C22H23N3O3/c1-23-21(26)17-10-11-20(28-2)18(15-17)24-22(27)19(25-12-6-7-13-25)14-16-8-4-3-5-9-16/h3-13,15,19H,14H2,1-2H3,(H,23,26)(H,24,27)/t19-/m1/s1. The van der Waals surface area contributed by atoms with Gasteiger partial charge in [-0.15, -0.1) is 0 Å². The minimum atomic E-state index is -0.439. The average molecular weight is 377 g/mol. The van der Waals surface area contributed by atoms with Gasteiger partial charge in [0, 0.05) is 31.4 Å². The molecule has 3 rings (SSSR count). The van der Waals surface area contributed by atoms with Crippen LogP contribution < -0.4 is 15.4 Å². The van der Waals surface area contributed by atoms with Crippen LogP contribution in [-0.2, 0) is 11.2 Å². The molecule has 1 atom stereocenters. The summed E-state index contributed by atoms with van der Waals surface area (Å²) in [6, 6.07) is 18.1. The lowest BCUT2D eigenvalue weighted by atomic mass is 10.0. The van der Waals surface area contributed by atoms with Gasteiger partial charge >= 0.3 is 0 Å². The Bertz CT molecular complexity index is 937. The van der Waals surface area contributed by atoms with E-state index in [1.54, 1.807) is 25.2 Å². The van der Waals surface area contributed by atoms with Crippen molar-refractivity contribution in [3.8, 4) is 5.75 Å². The monoisotopic (exact) mass is 377 g/mol. The van der Waals surface area contributed by atoms with E-state index in [0.29, 0.717) is 23.4 Å². The van der Waals surface area contributed by atoms with E-state index in [9.17, 15) is 9.59 Å². The summed E-state index contributed by atoms with van der Waals surface area (Å²) in [4.78, 5) is 25.1. The summed E-state index contributed by atoms with van der Waals surface area (Å²) < 4.78 is 7.22. The molecule has 0 bridgehead atoms. The fraction of sp³-hybridized carbons (Fsp3) is 0.182. The number of nitrogens with zero attached hydrogens (tertiary/aromatic N) is 1. The van der Waals surface area contributed by atoms with Gasteiger partial charge in [0.2, 0.25) is 5.91 Å². The molecular weight excluding hydrogens is 354 g/mol. The first kappa shape index (κ1) is 19.2. The summed E-state index contributed by atoms with van der Waals surface area (Å²) in [6.07, 6.45) is 4.27. The van der Waals surface area contributed by atoms with E-state index in [0.717, 1.165) is 5.56 Å². The predicted octanol–water partition coefficient (Wildman–Crippen LogP) is 3.28. The molecule has 0 spiro atoms. The second-order valence-electron chi connectivity index (χ2n) is 6.32. The fourth-order valence-corrected chi connectivity index (χ4v) is 3.03. The molecule has 0 saturated heterocycles. The molecular formula is C22H23N3O3. The zero-order valence-corrected chi connectivity index (χ0v) is 15.9. The largest absolute Gasteiger partial charge is 0.495 e. The number of methoxy groups -OCH3 is 1. The number of hydrogen-bond acceptors (Lipinski definition) is 3. The Morgan fingerprint density at radius 2 is 1.75 bits per heavy atom. The second-order valence-corrected chi connectivity index (χ2v) is 6.32. The van der Waals surface area contributed by atoms with E-state index in [4.69, 9.17) is 4.74 Å². The van der Waals surface area contributed by atoms with Gasteiger partial charge in [0.05, 0.1) is 12.8 Å². The smallest absolute Gasteiger partial charge is 0.251 e. The topological polar surface area (TPSA) is 72.4 Å². The molecule has 2 aromatic carbocycles. The van der Waals surface area contributed by atoms with Gasteiger partial charge in [-0.05, 0) is 35.9 Å². The van der Waals surface area contributed by atoms with Crippen molar-refractivity contribution in [1.82, 2.24) is 9.88 Å². The van der Waals surface area contributed by atoms with Crippen LogP contribution >= 0.6 is 0 Å². The van der Waals surface area contributed by atoms with Crippen LogP contribution in [0.1, 0.15) is 22.0 Å². The van der Waals surface area contributed by atoms with Crippen LogP contribution in [0.2, 0.25) is 0 Å². The predicted molar refractivity (Wildman–Crippen MR) is 109 cm³/mol. The van der Waals surface area contributed by atoms with E-state index in [2.05, 4.69) is 10.6 Å². The van der Waals surface area contributed by atoms with Gasteiger partial charge in [0.15, 0.2) is 0 Å². The maximum Gasteiger partial charge on any atom is 0.251 e. The lowest BCUT2D eigenvalue weighted by molar-refractivity contribution is -0.119. The normalized spacial score (nSPS) is 11.5. The van der Waals surface area contributed by atoms with E-state index in [1.807, 2.05) is 59.4 Å². The van der Waals surface area contributed by atoms with E-state index in [1.165, 1.54) is 7.11 Å². The molecule has 1 heterocycles. The van der Waals surface area contributed by atoms with Gasteiger partial charge in [-0.25, -0.2) is 0 Å². The number of amides is 2. The first-order chi connectivity index (χ1) is 13.6. The van der Waals surface area contributed by atoms with Crippen molar-refractivity contribution in [3.63, 3.8) is 0 Å². The van der Waals surface area contributed by atoms with Crippen molar-refractivity contribution in [1.29, 1.82) is 0 Å². The molecule has 1 aromatic heterocycles. The van der Waals surface area contributed by atoms with Gasteiger partial charge in [0.25, 0.3) is 5.91 Å². The van der Waals surface area contributed by atoms with E-state index in [-0.39, 0.29) is 11.8 Å². The molecule has 0 saturated carbocycles. The average Bonchev–Trinajstić information content (AvgIpc) is 3.26. The number of anilines is 1. The van der Waals surface area contributed by atoms with Crippen molar-refractivity contribution in [3.05, 3.63) is 84.2 Å². The maximum atomic E-state index is 13.1. The van der Waals surface area contributed by atoms with Gasteiger partial charge in [0.1, 0.15) is 11.8 Å². The van der Waals surface area contributed by atoms with Crippen LogP contribution in [0.15, 0.2) is 73.1 Å². The highest BCUT2D eigenvalue weighted by atomic mass is 16.5. The Kier molecular flexibility index (Phi) is 6.11. The van der Waals surface area contributed by atoms with Gasteiger partial charge < -0.3 is 19.9 Å². The number of hydrogen-bond donors (Lipinski definition) is 2. The Hall–Kier alpha value is -3.54. The van der Waals surface area contributed by atoms with E-state index >= 15 is 0 Å². The zero-order chi connectivity index (χ0) is 19.9. The summed E-state index contributed by atoms with van der Waals surface area (Å²) in [5.74, 6) is 0.0729. The highest BCUT2D eigenvalue weighted by Gasteiger charge is 2.22. The summed E-state index contributed by atoms with van der Waals surface area (Å²) >= 11 is 0. The first-order valence-electron chi connectivity index (χ1n) is 8.99. The third kappa shape index (κ3) is 4.40. The fourth-order valence-electron chi connectivity index (χ4n) is 3.03. The SMILES string of the molecule is CNC(=O)c1ccc(OC)c(NC(=O)[C@@H](Cc2ccccc2)n2cccc2)c1. The van der Waals surface area contributed by atoms with Gasteiger partial charge in [-0.2, -0.15) is 0 Å². The Labute approximate surface area is 164 Å². The summed E-state index contributed by atoms with van der Waals surface area (Å²) in [7, 11) is 3.09. The molecule has 0 aliphatic rings. The third-order valence-corrected chi connectivity index (χ3v) is 4.51. The van der Waals surface area contributed by atoms with Crippen LogP contribution in [0.5, 0.6) is 5.75 Å². The number of rotatable bonds is 7. The minimum Gasteiger partial charge on any atom is -0.495 e. The van der Waals surface area contributed by atoms with Crippen LogP contribution in [0.4, 0.5) is 5.69 Å². The Morgan fingerprint density at radius 3 is 2.39 bits per heavy atom. The van der Waals surface area contributed by atoms with Crippen LogP contribution in [0.3, 0.4) is 0 Å². The molecule has 0 radical (unpaired) electrons. The van der Waals surface area contributed by atoms with E-state index < -0.39 is 6.04 Å². The second kappa shape index (κ2) is 8.90. The molecule has 2 N–H and O–H groups in total. The lowest BCUT2D eigenvalue weighted by Crippen LogP contribution is -2.27. The molecule has 144 valence electrons. The van der Waals surface area contributed by atoms with Crippen molar-refractivity contribution in [2.45, 2.75) is 12.5 Å². The minimum absolute atomic E-state index is 0.188. The molecule has 0 unspecified atom stereocenters. The number of carbonyl (C=O) groups excluding carboxylic acids is 2. The Morgan fingerprint density at radius 1 is 1.04 bits per heavy atom. The number of benzene rings is 2. The number of ether oxygens (including phenoxy) is 1. The lowest BCUT2D eigenvalue weighted by Gasteiger charge is -2.20. The van der Waals surface area contributed by atoms with Crippen LogP contribution in [-0.4, -0.2) is 30.5 Å². The first-order valence-corrected chi connectivity index (χ1v) is 8.99. The number of aromatic nitrogens is 1. The third-order valence-electron chi connectivity index (χ3n) is 4.51. The zero-order valence-electron chi connectivity index (χ0n) is 15.9. The number of nitrogens with one attached hydrogen (secondary N) is 2. The Balaban J connectivity index is 1.88. The molecule has 28 heavy (non-hydrogen) atoms. The van der Waals surface area contributed by atoms with Crippen molar-refractivity contribution in [2.24, 2.45) is 0 Å². The summed E-state index contributed by atoms with van der Waals surface area (Å²) in [5.41, 5.74) is 1.96. The molecule has 6 heteroatoms. The molecule has 6 nitrogen and oxygen atoms in total. The molecule has 2 amide bonds. The van der Waals surface area contributed by atoms with Crippen molar-refractivity contribution < 1.29 is 14.3 Å². The van der Waals surface area contributed by atoms with Crippen molar-refractivity contribution >= 4 is 17.5 Å². The molecule has 0 aliphatic carbocycles. The summed E-state index contributed by atoms with van der Waals surface area (Å²) in [6.45, 7) is 0. The molecule has 0 fully saturated rings.